The van der Waals surface area contributed by atoms with E-state index in [0.717, 1.165) is 0 Å². The minimum Gasteiger partial charge on any atom is -0.478 e. The summed E-state index contributed by atoms with van der Waals surface area (Å²) in [6, 6.07) is 0. The molecule has 0 saturated carbocycles. The fraction of sp³-hybridized carbons (Fsp3) is 0. The number of aliphatic carboxylic acids is 1. The second-order valence-corrected chi connectivity index (χ2v) is 1.78. The molecule has 0 aromatic rings. The van der Waals surface area contributed by atoms with Gasteiger partial charge in [-0.05, 0) is 0 Å². The Bertz CT molecular complexity index is 104. The summed E-state index contributed by atoms with van der Waals surface area (Å²) in [5.41, 5.74) is 0. The van der Waals surface area contributed by atoms with Gasteiger partial charge in [-0.15, -0.1) is 0 Å². The molecule has 0 saturated heterocycles. The zero-order valence-corrected chi connectivity index (χ0v) is 4.70. The molecule has 0 fully saturated rings. The highest BCUT2D eigenvalue weighted by Gasteiger charge is 1.88. The molecule has 0 rings (SSSR count). The van der Waals surface area contributed by atoms with E-state index in [0.29, 0.717) is 6.08 Å². The van der Waals surface area contributed by atoms with Crippen LogP contribution in [0.2, 0.25) is 0 Å². The Morgan fingerprint density at radius 2 is 2.00 bits per heavy atom. The minimum absolute atomic E-state index is 0.243. The molecule has 0 aromatic carbocycles. The fourth-order valence-corrected chi connectivity index (χ4v) is 0.280. The molecule has 0 aromatic heterocycles. The molecule has 0 aliphatic heterocycles. The van der Waals surface area contributed by atoms with Gasteiger partial charge in [0.1, 0.15) is 4.49 Å². The van der Waals surface area contributed by atoms with Gasteiger partial charge < -0.3 is 5.11 Å². The highest BCUT2D eigenvalue weighted by molar-refractivity contribution is 6.56. The van der Waals surface area contributed by atoms with Crippen molar-refractivity contribution in [2.45, 2.75) is 0 Å². The van der Waals surface area contributed by atoms with Crippen molar-refractivity contribution in [3.05, 3.63) is 10.6 Å². The van der Waals surface area contributed by atoms with Crippen LogP contribution in [0, 0.1) is 0 Å². The molecule has 40 valence electrons. The predicted molar refractivity (Wildman–Crippen MR) is 27.4 cm³/mol. The topological polar surface area (TPSA) is 37.3 Å². The largest absolute Gasteiger partial charge is 0.478 e. The highest BCUT2D eigenvalue weighted by Crippen LogP contribution is 2.04. The summed E-state index contributed by atoms with van der Waals surface area (Å²) in [5.74, 6) is -1.14. The molecule has 0 bridgehead atoms. The summed E-state index contributed by atoms with van der Waals surface area (Å²) < 4.78 is -0.243. The quantitative estimate of drug-likeness (QED) is 0.560. The van der Waals surface area contributed by atoms with Crippen LogP contribution in [0.25, 0.3) is 0 Å². The third-order valence-electron chi connectivity index (χ3n) is 0.233. The molecule has 0 aliphatic rings. The average molecular weight is 141 g/mol. The van der Waals surface area contributed by atoms with E-state index in [1.54, 1.807) is 0 Å². The number of carboxylic acid groups (broad SMARTS) is 1. The lowest BCUT2D eigenvalue weighted by Gasteiger charge is -1.74. The molecular formula is C3H2Cl2O2. The first kappa shape index (κ1) is 6.79. The molecule has 2 nitrogen and oxygen atoms in total. The maximum atomic E-state index is 9.56. The van der Waals surface area contributed by atoms with Crippen LogP contribution in [0.5, 0.6) is 0 Å². The first-order valence-electron chi connectivity index (χ1n) is 1.38. The van der Waals surface area contributed by atoms with E-state index in [2.05, 4.69) is 0 Å². The summed E-state index contributed by atoms with van der Waals surface area (Å²) in [6.45, 7) is 0. The summed E-state index contributed by atoms with van der Waals surface area (Å²) in [7, 11) is 0. The number of carboxylic acids is 1. The maximum absolute atomic E-state index is 9.56. The lowest BCUT2D eigenvalue weighted by molar-refractivity contribution is -0.131. The van der Waals surface area contributed by atoms with Crippen molar-refractivity contribution in [3.8, 4) is 0 Å². The number of carbonyl (C=O) groups is 1. The Balaban J connectivity index is 3.68. The number of hydrogen-bond donors (Lipinski definition) is 1. The summed E-state index contributed by atoms with van der Waals surface area (Å²) >= 11 is 9.84. The van der Waals surface area contributed by atoms with Gasteiger partial charge in [-0.3, -0.25) is 0 Å². The van der Waals surface area contributed by atoms with Crippen molar-refractivity contribution in [1.29, 1.82) is 0 Å². The molecule has 0 aliphatic carbocycles. The number of hydrogen-bond acceptors (Lipinski definition) is 1. The first-order valence-corrected chi connectivity index (χ1v) is 2.14. The van der Waals surface area contributed by atoms with Crippen LogP contribution in [0.15, 0.2) is 10.6 Å². The molecule has 1 N–H and O–H groups in total. The lowest BCUT2D eigenvalue weighted by Crippen LogP contribution is -1.84. The molecule has 0 atom stereocenters. The average Bonchev–Trinajstić information content (AvgIpc) is 1.27. The van der Waals surface area contributed by atoms with Gasteiger partial charge >= 0.3 is 5.97 Å². The third kappa shape index (κ3) is 5.79. The Kier molecular flexibility index (Phi) is 2.79. The van der Waals surface area contributed by atoms with Crippen LogP contribution in [0.3, 0.4) is 0 Å². The summed E-state index contributed by atoms with van der Waals surface area (Å²) in [5, 5.41) is 7.84. The molecule has 7 heavy (non-hydrogen) atoms. The van der Waals surface area contributed by atoms with E-state index in [9.17, 15) is 4.79 Å². The van der Waals surface area contributed by atoms with E-state index in [-0.39, 0.29) is 4.49 Å². The second kappa shape index (κ2) is 2.88. The Morgan fingerprint density at radius 3 is 2.00 bits per heavy atom. The monoisotopic (exact) mass is 140 g/mol. The van der Waals surface area contributed by atoms with Crippen molar-refractivity contribution in [2.75, 3.05) is 0 Å². The van der Waals surface area contributed by atoms with E-state index in [1.165, 1.54) is 0 Å². The van der Waals surface area contributed by atoms with Gasteiger partial charge in [-0.25, -0.2) is 4.79 Å². The van der Waals surface area contributed by atoms with E-state index in [1.807, 2.05) is 0 Å². The third-order valence-corrected chi connectivity index (χ3v) is 0.451. The summed E-state index contributed by atoms with van der Waals surface area (Å²) in [6.07, 6.45) is 0.698. The molecular weight excluding hydrogens is 139 g/mol. The maximum Gasteiger partial charge on any atom is 0.330 e. The molecule has 0 spiro atoms. The van der Waals surface area contributed by atoms with Crippen LogP contribution in [0.4, 0.5) is 0 Å². The van der Waals surface area contributed by atoms with Gasteiger partial charge in [0.2, 0.25) is 0 Å². The Morgan fingerprint density at radius 1 is 1.57 bits per heavy atom. The van der Waals surface area contributed by atoms with Gasteiger partial charge in [0.15, 0.2) is 0 Å². The van der Waals surface area contributed by atoms with Gasteiger partial charge in [0.25, 0.3) is 0 Å². The molecule has 0 heterocycles. The van der Waals surface area contributed by atoms with E-state index >= 15 is 0 Å². The molecule has 0 amide bonds. The fourth-order valence-electron chi connectivity index (χ4n) is 0.0933. The second-order valence-electron chi connectivity index (χ2n) is 0.772. The minimum atomic E-state index is -1.14. The Labute approximate surface area is 50.3 Å². The van der Waals surface area contributed by atoms with Crippen molar-refractivity contribution < 1.29 is 9.90 Å². The van der Waals surface area contributed by atoms with E-state index < -0.39 is 5.97 Å². The van der Waals surface area contributed by atoms with E-state index in [4.69, 9.17) is 28.3 Å². The van der Waals surface area contributed by atoms with Crippen LogP contribution in [0.1, 0.15) is 0 Å². The van der Waals surface area contributed by atoms with Gasteiger partial charge in [0.05, 0.1) is 6.08 Å². The first-order chi connectivity index (χ1) is 3.13. The van der Waals surface area contributed by atoms with Gasteiger partial charge in [0, 0.05) is 0 Å². The van der Waals surface area contributed by atoms with Gasteiger partial charge in [-0.1, -0.05) is 23.2 Å². The number of rotatable bonds is 1. The number of halogens is 2. The summed E-state index contributed by atoms with van der Waals surface area (Å²) in [4.78, 5) is 9.56. The Hall–Kier alpha value is -0.210. The zero-order valence-electron chi connectivity index (χ0n) is 3.19. The molecule has 0 radical (unpaired) electrons. The lowest BCUT2D eigenvalue weighted by atomic mass is 10.7. The standard InChI is InChI=1S/C3H2Cl2O2/c4-2(5)1-3(6)7/h1H,(H,6,7). The van der Waals surface area contributed by atoms with Crippen molar-refractivity contribution in [3.63, 3.8) is 0 Å². The normalized spacial score (nSPS) is 7.71. The van der Waals surface area contributed by atoms with Crippen molar-refractivity contribution in [1.82, 2.24) is 0 Å². The molecule has 0 unspecified atom stereocenters. The predicted octanol–water partition coefficient (Wildman–Crippen LogP) is 1.39. The van der Waals surface area contributed by atoms with Crippen molar-refractivity contribution >= 4 is 29.2 Å². The molecule has 4 heteroatoms. The zero-order chi connectivity index (χ0) is 5.86. The van der Waals surface area contributed by atoms with Crippen LogP contribution >= 0.6 is 23.2 Å². The van der Waals surface area contributed by atoms with Crippen LogP contribution in [-0.2, 0) is 4.79 Å². The van der Waals surface area contributed by atoms with Crippen LogP contribution < -0.4 is 0 Å². The van der Waals surface area contributed by atoms with Gasteiger partial charge in [-0.2, -0.15) is 0 Å². The van der Waals surface area contributed by atoms with Crippen molar-refractivity contribution in [2.24, 2.45) is 0 Å². The highest BCUT2D eigenvalue weighted by atomic mass is 35.5. The smallest absolute Gasteiger partial charge is 0.330 e. The van der Waals surface area contributed by atoms with Crippen LogP contribution in [-0.4, -0.2) is 11.1 Å². The SMILES string of the molecule is O=C(O)C=C(Cl)Cl.